The third-order valence-corrected chi connectivity index (χ3v) is 7.62. The van der Waals surface area contributed by atoms with Crippen LogP contribution in [0, 0.1) is 0 Å². The van der Waals surface area contributed by atoms with E-state index in [1.54, 1.807) is 41.4 Å². The van der Waals surface area contributed by atoms with Crippen LogP contribution in [-0.4, -0.2) is 77.9 Å². The number of aryl methyl sites for hydroxylation is 1. The number of piperidine rings is 1. The number of fused-ring (bicyclic) bond motifs is 5. The molecule has 0 saturated carbocycles. The molecule has 220 valence electrons. The molecule has 2 atom stereocenters. The lowest BCUT2D eigenvalue weighted by Gasteiger charge is -2.39. The number of nitrogens with one attached hydrogen (secondary N) is 1. The molecule has 2 aliphatic rings. The quantitative estimate of drug-likeness (QED) is 0.511. The van der Waals surface area contributed by atoms with E-state index in [0.717, 1.165) is 11.1 Å². The Kier molecular flexibility index (Phi) is 9.33. The van der Waals surface area contributed by atoms with E-state index in [4.69, 9.17) is 14.2 Å². The van der Waals surface area contributed by atoms with Crippen molar-refractivity contribution in [3.63, 3.8) is 0 Å². The Hall–Kier alpha value is -4.44. The first kappa shape index (κ1) is 29.1. The molecule has 0 spiro atoms. The number of carbonyl (C=O) groups excluding carboxylic acids is 3. The van der Waals surface area contributed by atoms with Crippen molar-refractivity contribution in [3.05, 3.63) is 83.7 Å². The lowest BCUT2D eigenvalue weighted by molar-refractivity contribution is -0.136. The number of likely N-dealkylation sites (N-methyl/N-ethyl adjacent to an activating group) is 1. The molecule has 1 N–H and O–H groups in total. The van der Waals surface area contributed by atoms with Crippen LogP contribution in [0.4, 0.5) is 0 Å². The number of hydrogen-bond donors (Lipinski definition) is 1. The van der Waals surface area contributed by atoms with Gasteiger partial charge < -0.3 is 29.3 Å². The molecule has 0 aliphatic carbocycles. The van der Waals surface area contributed by atoms with Gasteiger partial charge in [-0.15, -0.1) is 0 Å². The van der Waals surface area contributed by atoms with Crippen molar-refractivity contribution >= 4 is 17.7 Å². The summed E-state index contributed by atoms with van der Waals surface area (Å²) in [6.07, 6.45) is 3.98. The smallest absolute Gasteiger partial charge is 0.255 e. The Balaban J connectivity index is 1.42. The molecule has 0 unspecified atom stereocenters. The minimum Gasteiger partial charge on any atom is -0.493 e. The Morgan fingerprint density at radius 1 is 1.10 bits per heavy atom. The summed E-state index contributed by atoms with van der Waals surface area (Å²) in [6.45, 7) is 3.23. The highest BCUT2D eigenvalue weighted by molar-refractivity contribution is 5.94. The number of ether oxygens (including phenoxy) is 3. The van der Waals surface area contributed by atoms with Crippen LogP contribution < -0.4 is 14.8 Å². The van der Waals surface area contributed by atoms with E-state index < -0.39 is 6.10 Å². The van der Waals surface area contributed by atoms with Gasteiger partial charge in [0.15, 0.2) is 11.5 Å². The second-order valence-electron chi connectivity index (χ2n) is 10.4. The van der Waals surface area contributed by atoms with Crippen molar-refractivity contribution in [1.29, 1.82) is 0 Å². The van der Waals surface area contributed by atoms with Crippen LogP contribution >= 0.6 is 0 Å². The molecule has 1 fully saturated rings. The van der Waals surface area contributed by atoms with E-state index in [2.05, 4.69) is 10.3 Å². The molecule has 0 radical (unpaired) electrons. The van der Waals surface area contributed by atoms with Crippen molar-refractivity contribution in [2.24, 2.45) is 0 Å². The van der Waals surface area contributed by atoms with Crippen molar-refractivity contribution < 1.29 is 28.6 Å². The van der Waals surface area contributed by atoms with Crippen LogP contribution in [0.2, 0.25) is 0 Å². The molecule has 10 heteroatoms. The third-order valence-electron chi connectivity index (χ3n) is 7.62. The fourth-order valence-electron chi connectivity index (χ4n) is 5.30. The summed E-state index contributed by atoms with van der Waals surface area (Å²) in [5.74, 6) is 1.25. The predicted molar refractivity (Wildman–Crippen MR) is 155 cm³/mol. The van der Waals surface area contributed by atoms with Crippen molar-refractivity contribution in [2.45, 2.75) is 44.9 Å². The topological polar surface area (TPSA) is 110 Å². The standard InChI is InChI=1S/C32H36N4O6/c1-3-35-20-30(37)34-26-13-15-36(32(39)24-7-5-14-33-18-24)19-29(26)41-21-23-6-4-8-25(16-23)42-28-17-22(10-12-31(35)38)9-11-27(28)40-2/h4-9,11,14,16-18,26,29H,3,10,12-13,15,19-21H2,1-2H3,(H,34,37)/t26-,29-/m0/s1. The number of rotatable bonds is 3. The molecule has 1 saturated heterocycles. The normalized spacial score (nSPS) is 20.0. The molecule has 4 bridgehead atoms. The molecule has 3 heterocycles. The first-order chi connectivity index (χ1) is 20.4. The first-order valence-electron chi connectivity index (χ1n) is 14.2. The van der Waals surface area contributed by atoms with Crippen molar-refractivity contribution in [1.82, 2.24) is 20.1 Å². The van der Waals surface area contributed by atoms with Crippen LogP contribution in [0.1, 0.15) is 41.3 Å². The van der Waals surface area contributed by atoms with E-state index in [-0.39, 0.29) is 43.3 Å². The van der Waals surface area contributed by atoms with Crippen LogP contribution in [0.15, 0.2) is 67.0 Å². The monoisotopic (exact) mass is 572 g/mol. The summed E-state index contributed by atoms with van der Waals surface area (Å²) < 4.78 is 18.1. The predicted octanol–water partition coefficient (Wildman–Crippen LogP) is 3.59. The number of likely N-dealkylation sites (tertiary alicyclic amines) is 1. The van der Waals surface area contributed by atoms with Crippen molar-refractivity contribution in [2.75, 3.05) is 33.3 Å². The van der Waals surface area contributed by atoms with E-state index in [1.165, 1.54) is 0 Å². The summed E-state index contributed by atoms with van der Waals surface area (Å²) >= 11 is 0. The molecule has 3 amide bonds. The number of aromatic nitrogens is 1. The van der Waals surface area contributed by atoms with Crippen molar-refractivity contribution in [3.8, 4) is 17.2 Å². The maximum absolute atomic E-state index is 13.2. The minimum absolute atomic E-state index is 0.0457. The molecule has 1 aromatic heterocycles. The Labute approximate surface area is 245 Å². The Morgan fingerprint density at radius 2 is 1.98 bits per heavy atom. The lowest BCUT2D eigenvalue weighted by Crippen LogP contribution is -2.57. The van der Waals surface area contributed by atoms with Gasteiger partial charge >= 0.3 is 0 Å². The van der Waals surface area contributed by atoms with Gasteiger partial charge in [-0.25, -0.2) is 0 Å². The number of nitrogens with zero attached hydrogens (tertiary/aromatic N) is 3. The van der Waals surface area contributed by atoms with Gasteiger partial charge in [-0.2, -0.15) is 0 Å². The fourth-order valence-corrected chi connectivity index (χ4v) is 5.30. The largest absolute Gasteiger partial charge is 0.493 e. The van der Waals surface area contributed by atoms with E-state index in [1.807, 2.05) is 49.4 Å². The van der Waals surface area contributed by atoms with E-state index >= 15 is 0 Å². The fraction of sp³-hybridized carbons (Fsp3) is 0.375. The van der Waals surface area contributed by atoms with Gasteiger partial charge in [0.05, 0.1) is 38.0 Å². The zero-order valence-corrected chi connectivity index (χ0v) is 24.0. The second-order valence-corrected chi connectivity index (χ2v) is 10.4. The number of carbonyl (C=O) groups is 3. The molecular formula is C32H36N4O6. The van der Waals surface area contributed by atoms with Gasteiger partial charge in [0.1, 0.15) is 5.75 Å². The molecule has 2 aromatic carbocycles. The average molecular weight is 573 g/mol. The van der Waals surface area contributed by atoms with Gasteiger partial charge in [-0.1, -0.05) is 18.2 Å². The van der Waals surface area contributed by atoms with Crippen LogP contribution in [-0.2, 0) is 27.4 Å². The lowest BCUT2D eigenvalue weighted by atomic mass is 10.0. The second kappa shape index (κ2) is 13.5. The number of methoxy groups -OCH3 is 1. The highest BCUT2D eigenvalue weighted by Crippen LogP contribution is 2.33. The van der Waals surface area contributed by atoms with Crippen LogP contribution in [0.3, 0.4) is 0 Å². The minimum atomic E-state index is -0.464. The highest BCUT2D eigenvalue weighted by atomic mass is 16.5. The third kappa shape index (κ3) is 7.06. The number of amides is 3. The summed E-state index contributed by atoms with van der Waals surface area (Å²) in [6, 6.07) is 16.3. The van der Waals surface area contributed by atoms with E-state index in [9.17, 15) is 14.4 Å². The van der Waals surface area contributed by atoms with Crippen LogP contribution in [0.5, 0.6) is 17.2 Å². The molecular weight excluding hydrogens is 536 g/mol. The Morgan fingerprint density at radius 3 is 2.76 bits per heavy atom. The molecule has 5 rings (SSSR count). The SMILES string of the molecule is CCN1CC(=O)N[C@H]2CCN(C(=O)c3cccnc3)C[C@@H]2OCc2cccc(c2)Oc2cc(ccc2OC)CCC1=O. The maximum atomic E-state index is 13.2. The molecule has 42 heavy (non-hydrogen) atoms. The van der Waals surface area contributed by atoms with Gasteiger partial charge in [-0.3, -0.25) is 19.4 Å². The molecule has 3 aromatic rings. The zero-order valence-electron chi connectivity index (χ0n) is 24.0. The highest BCUT2D eigenvalue weighted by Gasteiger charge is 2.34. The molecule has 2 aliphatic heterocycles. The number of benzene rings is 2. The van der Waals surface area contributed by atoms with E-state index in [0.29, 0.717) is 55.3 Å². The number of hydrogen-bond acceptors (Lipinski definition) is 7. The van der Waals surface area contributed by atoms with Gasteiger partial charge in [0.2, 0.25) is 11.8 Å². The van der Waals surface area contributed by atoms with Gasteiger partial charge in [0.25, 0.3) is 5.91 Å². The number of pyridine rings is 1. The molecule has 10 nitrogen and oxygen atoms in total. The Bertz CT molecular complexity index is 1420. The first-order valence-corrected chi connectivity index (χ1v) is 14.2. The summed E-state index contributed by atoms with van der Waals surface area (Å²) in [4.78, 5) is 46.8. The van der Waals surface area contributed by atoms with Gasteiger partial charge in [0, 0.05) is 38.4 Å². The van der Waals surface area contributed by atoms with Gasteiger partial charge in [-0.05, 0) is 67.3 Å². The maximum Gasteiger partial charge on any atom is 0.255 e. The summed E-state index contributed by atoms with van der Waals surface area (Å²) in [5.41, 5.74) is 2.31. The van der Waals surface area contributed by atoms with Crippen LogP contribution in [0.25, 0.3) is 0 Å². The summed E-state index contributed by atoms with van der Waals surface area (Å²) in [5, 5.41) is 3.08. The summed E-state index contributed by atoms with van der Waals surface area (Å²) in [7, 11) is 1.58. The average Bonchev–Trinajstić information content (AvgIpc) is 3.02. The zero-order chi connectivity index (χ0) is 29.5.